The first-order valence-corrected chi connectivity index (χ1v) is 12.4. The number of hydrogen-bond acceptors (Lipinski definition) is 6. The van der Waals surface area contributed by atoms with Crippen LogP contribution in [0.4, 0.5) is 0 Å². The summed E-state index contributed by atoms with van der Waals surface area (Å²) in [4.78, 5) is 34.5. The number of aromatic nitrogens is 3. The van der Waals surface area contributed by atoms with Crippen LogP contribution in [0.15, 0.2) is 76.7 Å². The summed E-state index contributed by atoms with van der Waals surface area (Å²) in [5, 5.41) is 4.26. The summed E-state index contributed by atoms with van der Waals surface area (Å²) in [6, 6.07) is 20.9. The summed E-state index contributed by atoms with van der Waals surface area (Å²) in [6.07, 6.45) is 0. The van der Waals surface area contributed by atoms with Crippen LogP contribution in [0.5, 0.6) is 11.5 Å². The van der Waals surface area contributed by atoms with Crippen LogP contribution < -0.4 is 20.3 Å². The van der Waals surface area contributed by atoms with Gasteiger partial charge in [-0.15, -0.1) is 0 Å². The molecular formula is C27H22N4O4S. The molecule has 0 radical (unpaired) electrons. The lowest BCUT2D eigenvalue weighted by atomic mass is 10.2. The van der Waals surface area contributed by atoms with Gasteiger partial charge in [-0.05, 0) is 42.3 Å². The van der Waals surface area contributed by atoms with Gasteiger partial charge in [0.15, 0.2) is 16.7 Å². The van der Waals surface area contributed by atoms with Crippen molar-refractivity contribution in [3.05, 3.63) is 88.2 Å². The first kappa shape index (κ1) is 22.2. The van der Waals surface area contributed by atoms with Gasteiger partial charge in [-0.3, -0.25) is 14.2 Å². The molecule has 3 heterocycles. The average Bonchev–Trinajstić information content (AvgIpc) is 3.51. The van der Waals surface area contributed by atoms with Crippen molar-refractivity contribution in [3.63, 3.8) is 0 Å². The molecule has 1 aliphatic heterocycles. The van der Waals surface area contributed by atoms with Gasteiger partial charge < -0.3 is 19.8 Å². The zero-order chi connectivity index (χ0) is 24.6. The van der Waals surface area contributed by atoms with E-state index in [-0.39, 0.29) is 24.0 Å². The van der Waals surface area contributed by atoms with Crippen LogP contribution in [-0.4, -0.2) is 33.0 Å². The lowest BCUT2D eigenvalue weighted by Gasteiger charge is -2.14. The number of amides is 1. The Morgan fingerprint density at radius 1 is 1.08 bits per heavy atom. The summed E-state index contributed by atoms with van der Waals surface area (Å²) >= 11 is 1.24. The van der Waals surface area contributed by atoms with E-state index in [9.17, 15) is 9.59 Å². The van der Waals surface area contributed by atoms with Gasteiger partial charge in [0.2, 0.25) is 12.7 Å². The van der Waals surface area contributed by atoms with Crippen molar-refractivity contribution in [1.29, 1.82) is 0 Å². The van der Waals surface area contributed by atoms with Crippen LogP contribution in [-0.2, 0) is 11.3 Å². The maximum atomic E-state index is 13.7. The molecule has 1 amide bonds. The third-order valence-electron chi connectivity index (χ3n) is 6.11. The standard InChI is InChI=1S/C27H22N4O4S/c1-16-6-2-5-9-20(16)31-26(33)25-24(18-7-3-4-8-19(18)29-25)30-27(31)36-14-23(32)28-13-17-10-11-21-22(12-17)35-15-34-21/h2-12,29H,13-15H2,1H3,(H,28,32). The normalized spacial score (nSPS) is 12.4. The maximum Gasteiger partial charge on any atom is 0.283 e. The molecule has 0 aliphatic carbocycles. The molecule has 6 rings (SSSR count). The number of carbonyl (C=O) groups excluding carboxylic acids is 1. The number of ether oxygens (including phenoxy) is 2. The summed E-state index contributed by atoms with van der Waals surface area (Å²) in [5.41, 5.74) is 4.27. The van der Waals surface area contributed by atoms with Gasteiger partial charge in [0.05, 0.1) is 11.4 Å². The minimum atomic E-state index is -0.200. The van der Waals surface area contributed by atoms with E-state index in [2.05, 4.69) is 10.3 Å². The summed E-state index contributed by atoms with van der Waals surface area (Å²) in [5.74, 6) is 1.32. The van der Waals surface area contributed by atoms with E-state index in [0.29, 0.717) is 34.2 Å². The lowest BCUT2D eigenvalue weighted by Crippen LogP contribution is -2.26. The minimum absolute atomic E-state index is 0.108. The highest BCUT2D eigenvalue weighted by Crippen LogP contribution is 2.32. The molecule has 0 fully saturated rings. The van der Waals surface area contributed by atoms with Gasteiger partial charge >= 0.3 is 0 Å². The highest BCUT2D eigenvalue weighted by atomic mass is 32.2. The Morgan fingerprint density at radius 2 is 1.89 bits per heavy atom. The highest BCUT2D eigenvalue weighted by molar-refractivity contribution is 7.99. The summed E-state index contributed by atoms with van der Waals surface area (Å²) < 4.78 is 12.3. The second-order valence-corrected chi connectivity index (χ2v) is 9.41. The quantitative estimate of drug-likeness (QED) is 0.267. The van der Waals surface area contributed by atoms with E-state index >= 15 is 0 Å². The molecule has 180 valence electrons. The van der Waals surface area contributed by atoms with E-state index < -0.39 is 0 Å². The fraction of sp³-hybridized carbons (Fsp3) is 0.148. The Balaban J connectivity index is 1.30. The maximum absolute atomic E-state index is 13.7. The number of hydrogen-bond donors (Lipinski definition) is 2. The Bertz CT molecular complexity index is 1690. The van der Waals surface area contributed by atoms with Crippen LogP contribution in [0.1, 0.15) is 11.1 Å². The van der Waals surface area contributed by atoms with E-state index in [1.807, 2.05) is 73.7 Å². The van der Waals surface area contributed by atoms with E-state index in [1.54, 1.807) is 4.57 Å². The molecule has 3 aromatic carbocycles. The van der Waals surface area contributed by atoms with Crippen LogP contribution >= 0.6 is 11.8 Å². The molecule has 8 nitrogen and oxygen atoms in total. The summed E-state index contributed by atoms with van der Waals surface area (Å²) in [6.45, 7) is 2.51. The SMILES string of the molecule is Cc1ccccc1-n1c(SCC(=O)NCc2ccc3c(c2)OCO3)nc2c([nH]c3ccccc32)c1=O. The van der Waals surface area contributed by atoms with Gasteiger partial charge in [0.25, 0.3) is 5.56 Å². The van der Waals surface area contributed by atoms with Crippen molar-refractivity contribution in [2.24, 2.45) is 0 Å². The van der Waals surface area contributed by atoms with Crippen LogP contribution in [0.3, 0.4) is 0 Å². The molecule has 0 saturated heterocycles. The highest BCUT2D eigenvalue weighted by Gasteiger charge is 2.19. The van der Waals surface area contributed by atoms with Gasteiger partial charge in [-0.25, -0.2) is 4.98 Å². The number of rotatable bonds is 6. The second-order valence-electron chi connectivity index (χ2n) is 8.47. The zero-order valence-electron chi connectivity index (χ0n) is 19.4. The fourth-order valence-corrected chi connectivity index (χ4v) is 5.13. The largest absolute Gasteiger partial charge is 0.454 e. The molecule has 0 bridgehead atoms. The molecule has 2 aromatic heterocycles. The Kier molecular flexibility index (Phi) is 5.61. The second kappa shape index (κ2) is 9.09. The Hall–Kier alpha value is -4.24. The van der Waals surface area contributed by atoms with Crippen molar-refractivity contribution in [3.8, 4) is 17.2 Å². The Labute approximate surface area is 210 Å². The number of thioether (sulfide) groups is 1. The molecule has 1 aliphatic rings. The monoisotopic (exact) mass is 498 g/mol. The van der Waals surface area contributed by atoms with E-state index in [4.69, 9.17) is 14.5 Å². The Morgan fingerprint density at radius 3 is 2.78 bits per heavy atom. The third kappa shape index (κ3) is 3.97. The molecule has 0 spiro atoms. The molecular weight excluding hydrogens is 476 g/mol. The number of fused-ring (bicyclic) bond motifs is 4. The van der Waals surface area contributed by atoms with Crippen molar-refractivity contribution < 1.29 is 14.3 Å². The molecule has 9 heteroatoms. The van der Waals surface area contributed by atoms with Gasteiger partial charge in [-0.2, -0.15) is 0 Å². The van der Waals surface area contributed by atoms with Crippen LogP contribution in [0.2, 0.25) is 0 Å². The number of H-pyrrole nitrogens is 1. The molecule has 2 N–H and O–H groups in total. The first-order valence-electron chi connectivity index (χ1n) is 11.5. The number of carbonyl (C=O) groups is 1. The van der Waals surface area contributed by atoms with Crippen molar-refractivity contribution in [1.82, 2.24) is 19.9 Å². The zero-order valence-corrected chi connectivity index (χ0v) is 20.2. The topological polar surface area (TPSA) is 98.2 Å². The van der Waals surface area contributed by atoms with E-state index in [0.717, 1.165) is 27.7 Å². The lowest BCUT2D eigenvalue weighted by molar-refractivity contribution is -0.118. The average molecular weight is 499 g/mol. The number of nitrogens with zero attached hydrogens (tertiary/aromatic N) is 2. The number of aryl methyl sites for hydroxylation is 1. The van der Waals surface area contributed by atoms with E-state index in [1.165, 1.54) is 11.8 Å². The van der Waals surface area contributed by atoms with Crippen molar-refractivity contribution in [2.45, 2.75) is 18.6 Å². The van der Waals surface area contributed by atoms with Crippen molar-refractivity contribution >= 4 is 39.6 Å². The molecule has 36 heavy (non-hydrogen) atoms. The van der Waals surface area contributed by atoms with Crippen LogP contribution in [0.25, 0.3) is 27.6 Å². The fourth-order valence-electron chi connectivity index (χ4n) is 4.30. The first-order chi connectivity index (χ1) is 17.6. The number of aromatic amines is 1. The smallest absolute Gasteiger partial charge is 0.283 e. The minimum Gasteiger partial charge on any atom is -0.454 e. The van der Waals surface area contributed by atoms with Gasteiger partial charge in [-0.1, -0.05) is 54.2 Å². The molecule has 5 aromatic rings. The number of para-hydroxylation sites is 2. The van der Waals surface area contributed by atoms with Crippen LogP contribution in [0, 0.1) is 6.92 Å². The predicted octanol–water partition coefficient (Wildman–Crippen LogP) is 4.31. The number of benzene rings is 3. The summed E-state index contributed by atoms with van der Waals surface area (Å²) in [7, 11) is 0. The van der Waals surface area contributed by atoms with Gasteiger partial charge in [0.1, 0.15) is 11.0 Å². The predicted molar refractivity (Wildman–Crippen MR) is 139 cm³/mol. The molecule has 0 atom stereocenters. The third-order valence-corrected chi connectivity index (χ3v) is 7.05. The number of nitrogens with one attached hydrogen (secondary N) is 2. The molecule has 0 unspecified atom stereocenters. The van der Waals surface area contributed by atoms with Gasteiger partial charge in [0, 0.05) is 17.4 Å². The van der Waals surface area contributed by atoms with Crippen molar-refractivity contribution in [2.75, 3.05) is 12.5 Å². The molecule has 0 saturated carbocycles.